The van der Waals surface area contributed by atoms with Crippen molar-refractivity contribution in [1.29, 1.82) is 0 Å². The number of fused-ring (bicyclic) bond motifs is 1. The monoisotopic (exact) mass is 306 g/mol. The van der Waals surface area contributed by atoms with E-state index in [1.165, 1.54) is 6.20 Å². The average Bonchev–Trinajstić information content (AvgIpc) is 3.03. The number of aromatic nitrogens is 2. The van der Waals surface area contributed by atoms with Crippen LogP contribution < -0.4 is 10.5 Å². The standard InChI is InChI=1S/C14H18N4O2S/c15-12-5-3-11(4-6-12)7-8-17-21(19,20)14-10-16-13-2-1-9-18(13)14/h3-6,10,17H,1-2,7-9,15H2. The molecule has 21 heavy (non-hydrogen) atoms. The quantitative estimate of drug-likeness (QED) is 0.804. The van der Waals surface area contributed by atoms with Crippen LogP contribution in [-0.2, 0) is 29.4 Å². The first-order chi connectivity index (χ1) is 10.1. The van der Waals surface area contributed by atoms with Crippen LogP contribution in [0.25, 0.3) is 0 Å². The fraction of sp³-hybridized carbons (Fsp3) is 0.357. The first-order valence-electron chi connectivity index (χ1n) is 6.95. The van der Waals surface area contributed by atoms with Crippen molar-refractivity contribution in [2.24, 2.45) is 0 Å². The molecular weight excluding hydrogens is 288 g/mol. The van der Waals surface area contributed by atoms with Gasteiger partial charge in [-0.1, -0.05) is 12.1 Å². The lowest BCUT2D eigenvalue weighted by Crippen LogP contribution is -2.27. The predicted molar refractivity (Wildman–Crippen MR) is 80.3 cm³/mol. The fourth-order valence-electron chi connectivity index (χ4n) is 2.53. The summed E-state index contributed by atoms with van der Waals surface area (Å²) >= 11 is 0. The summed E-state index contributed by atoms with van der Waals surface area (Å²) < 4.78 is 29.0. The van der Waals surface area contributed by atoms with E-state index in [0.29, 0.717) is 18.7 Å². The number of sulfonamides is 1. The Balaban J connectivity index is 1.65. The predicted octanol–water partition coefficient (Wildman–Crippen LogP) is 0.932. The highest BCUT2D eigenvalue weighted by molar-refractivity contribution is 7.89. The maximum Gasteiger partial charge on any atom is 0.257 e. The zero-order chi connectivity index (χ0) is 14.9. The zero-order valence-electron chi connectivity index (χ0n) is 11.6. The fourth-order valence-corrected chi connectivity index (χ4v) is 3.73. The Kier molecular flexibility index (Phi) is 3.69. The first-order valence-corrected chi connectivity index (χ1v) is 8.43. The molecule has 112 valence electrons. The third-order valence-corrected chi connectivity index (χ3v) is 5.11. The van der Waals surface area contributed by atoms with Crippen molar-refractivity contribution in [2.75, 3.05) is 12.3 Å². The Bertz CT molecular complexity index is 735. The molecule has 0 saturated carbocycles. The summed E-state index contributed by atoms with van der Waals surface area (Å²) in [6.07, 6.45) is 3.87. The first kappa shape index (κ1) is 14.1. The molecule has 3 rings (SSSR count). The molecule has 0 bridgehead atoms. The third-order valence-electron chi connectivity index (χ3n) is 3.64. The van der Waals surface area contributed by atoms with Gasteiger partial charge in [0.05, 0.1) is 6.20 Å². The Labute approximate surface area is 124 Å². The van der Waals surface area contributed by atoms with Crippen LogP contribution >= 0.6 is 0 Å². The molecule has 0 spiro atoms. The van der Waals surface area contributed by atoms with Crippen LogP contribution in [0.1, 0.15) is 17.8 Å². The average molecular weight is 306 g/mol. The molecule has 6 nitrogen and oxygen atoms in total. The van der Waals surface area contributed by atoms with Gasteiger partial charge in [0.2, 0.25) is 0 Å². The smallest absolute Gasteiger partial charge is 0.257 e. The van der Waals surface area contributed by atoms with E-state index in [9.17, 15) is 8.42 Å². The van der Waals surface area contributed by atoms with Crippen LogP contribution in [0.2, 0.25) is 0 Å². The van der Waals surface area contributed by atoms with Crippen molar-refractivity contribution in [1.82, 2.24) is 14.3 Å². The maximum absolute atomic E-state index is 12.3. The number of hydrogen-bond acceptors (Lipinski definition) is 4. The molecule has 1 aliphatic rings. The minimum atomic E-state index is -3.49. The zero-order valence-corrected chi connectivity index (χ0v) is 12.4. The number of rotatable bonds is 5. The van der Waals surface area contributed by atoms with Crippen LogP contribution in [0, 0.1) is 0 Å². The summed E-state index contributed by atoms with van der Waals surface area (Å²) in [5.74, 6) is 0.855. The summed E-state index contributed by atoms with van der Waals surface area (Å²) in [6, 6.07) is 7.43. The molecular formula is C14H18N4O2S. The van der Waals surface area contributed by atoms with E-state index in [-0.39, 0.29) is 5.03 Å². The molecule has 0 atom stereocenters. The number of nitrogen functional groups attached to an aromatic ring is 1. The van der Waals surface area contributed by atoms with Gasteiger partial charge >= 0.3 is 0 Å². The molecule has 3 N–H and O–H groups in total. The summed E-state index contributed by atoms with van der Waals surface area (Å²) in [4.78, 5) is 4.17. The second kappa shape index (κ2) is 5.50. The lowest BCUT2D eigenvalue weighted by Gasteiger charge is -2.08. The van der Waals surface area contributed by atoms with Gasteiger partial charge in [0, 0.05) is 25.2 Å². The van der Waals surface area contributed by atoms with Crippen molar-refractivity contribution < 1.29 is 8.42 Å². The highest BCUT2D eigenvalue weighted by Gasteiger charge is 2.24. The van der Waals surface area contributed by atoms with E-state index in [0.717, 1.165) is 30.8 Å². The van der Waals surface area contributed by atoms with E-state index >= 15 is 0 Å². The van der Waals surface area contributed by atoms with Gasteiger partial charge in [-0.25, -0.2) is 18.1 Å². The molecule has 1 aromatic heterocycles. The normalized spacial score (nSPS) is 14.3. The number of nitrogens with two attached hydrogens (primary N) is 1. The van der Waals surface area contributed by atoms with E-state index in [1.807, 2.05) is 24.3 Å². The molecule has 0 unspecified atom stereocenters. The van der Waals surface area contributed by atoms with Gasteiger partial charge < -0.3 is 10.3 Å². The Hall–Kier alpha value is -1.86. The van der Waals surface area contributed by atoms with Crippen molar-refractivity contribution >= 4 is 15.7 Å². The number of nitrogens with zero attached hydrogens (tertiary/aromatic N) is 2. The van der Waals surface area contributed by atoms with E-state index in [1.54, 1.807) is 4.57 Å². The molecule has 2 heterocycles. The summed E-state index contributed by atoms with van der Waals surface area (Å²) in [7, 11) is -3.49. The largest absolute Gasteiger partial charge is 0.399 e. The molecule has 0 radical (unpaired) electrons. The summed E-state index contributed by atoms with van der Waals surface area (Å²) in [6.45, 7) is 1.08. The highest BCUT2D eigenvalue weighted by Crippen LogP contribution is 2.19. The molecule has 0 saturated heterocycles. The molecule has 1 aliphatic heterocycles. The number of anilines is 1. The van der Waals surface area contributed by atoms with Gasteiger partial charge in [-0.3, -0.25) is 0 Å². The van der Waals surface area contributed by atoms with Gasteiger partial charge in [-0.05, 0) is 30.5 Å². The third kappa shape index (κ3) is 2.93. The molecule has 2 aromatic rings. The molecule has 0 fully saturated rings. The maximum atomic E-state index is 12.3. The van der Waals surface area contributed by atoms with E-state index in [4.69, 9.17) is 5.73 Å². The number of imidazole rings is 1. The topological polar surface area (TPSA) is 90.0 Å². The molecule has 7 heteroatoms. The lowest BCUT2D eigenvalue weighted by molar-refractivity contribution is 0.564. The summed E-state index contributed by atoms with van der Waals surface area (Å²) in [5.41, 5.74) is 7.37. The minimum Gasteiger partial charge on any atom is -0.399 e. The molecule has 1 aromatic carbocycles. The second-order valence-electron chi connectivity index (χ2n) is 5.16. The highest BCUT2D eigenvalue weighted by atomic mass is 32.2. The van der Waals surface area contributed by atoms with Crippen LogP contribution in [0.4, 0.5) is 5.69 Å². The van der Waals surface area contributed by atoms with Crippen molar-refractivity contribution in [2.45, 2.75) is 30.8 Å². The number of aryl methyl sites for hydroxylation is 1. The lowest BCUT2D eigenvalue weighted by atomic mass is 10.1. The van der Waals surface area contributed by atoms with E-state index in [2.05, 4.69) is 9.71 Å². The Morgan fingerprint density at radius 2 is 2.05 bits per heavy atom. The molecule has 0 amide bonds. The number of nitrogens with one attached hydrogen (secondary N) is 1. The van der Waals surface area contributed by atoms with Crippen LogP contribution in [0.5, 0.6) is 0 Å². The molecule has 0 aliphatic carbocycles. The Morgan fingerprint density at radius 1 is 1.29 bits per heavy atom. The van der Waals surface area contributed by atoms with Gasteiger partial charge in [-0.2, -0.15) is 0 Å². The Morgan fingerprint density at radius 3 is 2.81 bits per heavy atom. The van der Waals surface area contributed by atoms with Gasteiger partial charge in [0.25, 0.3) is 10.0 Å². The van der Waals surface area contributed by atoms with Crippen LogP contribution in [0.3, 0.4) is 0 Å². The van der Waals surface area contributed by atoms with Gasteiger partial charge in [0.15, 0.2) is 5.03 Å². The number of benzene rings is 1. The van der Waals surface area contributed by atoms with Gasteiger partial charge in [0.1, 0.15) is 5.82 Å². The van der Waals surface area contributed by atoms with E-state index < -0.39 is 10.0 Å². The van der Waals surface area contributed by atoms with Crippen LogP contribution in [0.15, 0.2) is 35.5 Å². The van der Waals surface area contributed by atoms with Crippen molar-refractivity contribution in [3.63, 3.8) is 0 Å². The minimum absolute atomic E-state index is 0.271. The van der Waals surface area contributed by atoms with Crippen molar-refractivity contribution in [3.05, 3.63) is 41.9 Å². The SMILES string of the molecule is Nc1ccc(CCNS(=O)(=O)c2cnc3n2CCC3)cc1. The number of hydrogen-bond donors (Lipinski definition) is 2. The summed E-state index contributed by atoms with van der Waals surface area (Å²) in [5, 5.41) is 0.271. The second-order valence-corrected chi connectivity index (χ2v) is 6.87. The van der Waals surface area contributed by atoms with Gasteiger partial charge in [-0.15, -0.1) is 0 Å². The van der Waals surface area contributed by atoms with Crippen molar-refractivity contribution in [3.8, 4) is 0 Å². The van der Waals surface area contributed by atoms with Crippen LogP contribution in [-0.4, -0.2) is 24.5 Å².